The molecule has 0 aromatic rings. The molecule has 0 aromatic carbocycles. The molecule has 2 saturated heterocycles. The van der Waals surface area contributed by atoms with Crippen LogP contribution in [0.4, 0.5) is 0 Å². The molecule has 3 rings (SSSR count). The van der Waals surface area contributed by atoms with Crippen LogP contribution in [0.15, 0.2) is 0 Å². The fraction of sp³-hybridized carbons (Fsp3) is 0.909. The molecule has 4 nitrogen and oxygen atoms in total. The Hall–Kier alpha value is -0.320. The summed E-state index contributed by atoms with van der Waals surface area (Å²) in [5.74, 6) is -0.349. The van der Waals surface area contributed by atoms with Crippen LogP contribution in [0.25, 0.3) is 0 Å². The number of hydrogen-bond acceptors (Lipinski definition) is 4. The van der Waals surface area contributed by atoms with Crippen molar-refractivity contribution >= 4 is 17.6 Å². The van der Waals surface area contributed by atoms with Crippen molar-refractivity contribution < 1.29 is 14.4 Å². The molecular weight excluding hydrogens is 230 g/mol. The van der Waals surface area contributed by atoms with Gasteiger partial charge in [-0.3, -0.25) is 4.84 Å². The van der Waals surface area contributed by atoms with E-state index in [9.17, 15) is 4.79 Å². The van der Waals surface area contributed by atoms with Crippen LogP contribution in [-0.2, 0) is 14.4 Å². The Labute approximate surface area is 99.8 Å². The van der Waals surface area contributed by atoms with Crippen LogP contribution in [-0.4, -0.2) is 40.7 Å². The summed E-state index contributed by atoms with van der Waals surface area (Å²) in [7, 11) is 1.39. The van der Waals surface area contributed by atoms with E-state index in [0.717, 1.165) is 32.2 Å². The van der Waals surface area contributed by atoms with Crippen molar-refractivity contribution in [1.82, 2.24) is 5.06 Å². The van der Waals surface area contributed by atoms with Gasteiger partial charge in [-0.15, -0.1) is 11.6 Å². The Morgan fingerprint density at radius 2 is 2.12 bits per heavy atom. The molecule has 1 saturated carbocycles. The van der Waals surface area contributed by atoms with Gasteiger partial charge in [-0.05, 0) is 32.6 Å². The lowest BCUT2D eigenvalue weighted by Gasteiger charge is -2.36. The van der Waals surface area contributed by atoms with E-state index in [-0.39, 0.29) is 5.97 Å². The highest BCUT2D eigenvalue weighted by Gasteiger charge is 2.80. The number of methoxy groups -OCH3 is 1. The molecule has 1 spiro atoms. The lowest BCUT2D eigenvalue weighted by atomic mass is 9.79. The van der Waals surface area contributed by atoms with E-state index in [0.29, 0.717) is 0 Å². The summed E-state index contributed by atoms with van der Waals surface area (Å²) in [5, 5.41) is 1.91. The Kier molecular flexibility index (Phi) is 1.97. The van der Waals surface area contributed by atoms with Crippen LogP contribution < -0.4 is 0 Å². The molecule has 2 aliphatic heterocycles. The molecule has 2 heterocycles. The zero-order valence-corrected chi connectivity index (χ0v) is 10.3. The Bertz CT molecular complexity index is 357. The molecule has 1 aliphatic carbocycles. The van der Waals surface area contributed by atoms with Gasteiger partial charge in [-0.1, -0.05) is 0 Å². The number of carbonyl (C=O) groups is 1. The van der Waals surface area contributed by atoms with Gasteiger partial charge in [0.25, 0.3) is 0 Å². The van der Waals surface area contributed by atoms with Crippen LogP contribution in [0.2, 0.25) is 0 Å². The van der Waals surface area contributed by atoms with Gasteiger partial charge in [-0.2, -0.15) is 5.06 Å². The second-order valence-electron chi connectivity index (χ2n) is 5.22. The Balaban J connectivity index is 2.08. The number of ether oxygens (including phenoxy) is 1. The number of nitrogens with zero attached hydrogens (tertiary/aromatic N) is 1. The molecule has 5 heteroatoms. The third kappa shape index (κ3) is 0.928. The summed E-state index contributed by atoms with van der Waals surface area (Å²) in [6.45, 7) is 2.86. The third-order valence-corrected chi connectivity index (χ3v) is 5.31. The smallest absolute Gasteiger partial charge is 0.332 e. The number of esters is 1. The summed E-state index contributed by atoms with van der Waals surface area (Å²) in [6, 6.07) is 0. The molecule has 3 fully saturated rings. The maximum absolute atomic E-state index is 12.1. The van der Waals surface area contributed by atoms with Gasteiger partial charge in [0.2, 0.25) is 0 Å². The van der Waals surface area contributed by atoms with Crippen LogP contribution in [0, 0.1) is 0 Å². The van der Waals surface area contributed by atoms with Crippen molar-refractivity contribution in [2.75, 3.05) is 13.7 Å². The average Bonchev–Trinajstić information content (AvgIpc) is 2.93. The minimum Gasteiger partial charge on any atom is -0.468 e. The van der Waals surface area contributed by atoms with Crippen LogP contribution in [0.5, 0.6) is 0 Å². The van der Waals surface area contributed by atoms with E-state index in [4.69, 9.17) is 21.2 Å². The predicted octanol–water partition coefficient (Wildman–Crippen LogP) is 1.47. The lowest BCUT2D eigenvalue weighted by molar-refractivity contribution is -0.176. The first kappa shape index (κ1) is 10.8. The minimum absolute atomic E-state index is 0.349. The maximum atomic E-state index is 12.1. The second kappa shape index (κ2) is 2.92. The fourth-order valence-corrected chi connectivity index (χ4v) is 3.78. The number of hydroxylamine groups is 2. The molecule has 90 valence electrons. The van der Waals surface area contributed by atoms with Gasteiger partial charge in [0.05, 0.1) is 12.6 Å². The predicted molar refractivity (Wildman–Crippen MR) is 58.0 cm³/mol. The summed E-state index contributed by atoms with van der Waals surface area (Å²) in [5.41, 5.74) is -0.922. The highest BCUT2D eigenvalue weighted by molar-refractivity contribution is 6.36. The molecule has 0 bridgehead atoms. The van der Waals surface area contributed by atoms with E-state index in [1.165, 1.54) is 7.11 Å². The van der Waals surface area contributed by atoms with Crippen molar-refractivity contribution in [3.05, 3.63) is 0 Å². The summed E-state index contributed by atoms with van der Waals surface area (Å²) in [6.07, 6.45) is 3.58. The monoisotopic (exact) mass is 245 g/mol. The zero-order chi connectivity index (χ0) is 11.6. The number of hydrogen-bond donors (Lipinski definition) is 0. The molecule has 0 aromatic heterocycles. The topological polar surface area (TPSA) is 38.8 Å². The number of halogens is 1. The zero-order valence-electron chi connectivity index (χ0n) is 9.59. The number of fused-ring (bicyclic) bond motifs is 1. The SMILES string of the molecule is COC(=O)[C@]1(Cl)C2(CC2)ON2CCC[C@@]21C. The first-order valence-electron chi connectivity index (χ1n) is 5.74. The third-order valence-electron chi connectivity index (χ3n) is 4.40. The highest BCUT2D eigenvalue weighted by atomic mass is 35.5. The van der Waals surface area contributed by atoms with E-state index >= 15 is 0 Å². The van der Waals surface area contributed by atoms with Crippen LogP contribution in [0.1, 0.15) is 32.6 Å². The standard InChI is InChI=1S/C11H16ClNO3/c1-9-4-3-7-13(9)16-10(5-6-10)11(9,12)8(14)15-2/h3-7H2,1-2H3/t9-,11-/m1/s1. The van der Waals surface area contributed by atoms with Crippen molar-refractivity contribution in [1.29, 1.82) is 0 Å². The average molecular weight is 246 g/mol. The van der Waals surface area contributed by atoms with Crippen molar-refractivity contribution in [2.24, 2.45) is 0 Å². The molecule has 3 aliphatic rings. The molecule has 0 unspecified atom stereocenters. The van der Waals surface area contributed by atoms with Gasteiger partial charge < -0.3 is 4.74 Å². The lowest BCUT2D eigenvalue weighted by Crippen LogP contribution is -2.58. The van der Waals surface area contributed by atoms with E-state index in [1.807, 2.05) is 12.0 Å². The number of rotatable bonds is 1. The molecule has 2 atom stereocenters. The van der Waals surface area contributed by atoms with Gasteiger partial charge >= 0.3 is 5.97 Å². The fourth-order valence-electron chi connectivity index (χ4n) is 3.29. The highest BCUT2D eigenvalue weighted by Crippen LogP contribution is 2.65. The summed E-state index contributed by atoms with van der Waals surface area (Å²) in [4.78, 5) is 17.0. The van der Waals surface area contributed by atoms with Crippen molar-refractivity contribution in [3.63, 3.8) is 0 Å². The number of alkyl halides is 1. The van der Waals surface area contributed by atoms with Gasteiger partial charge in [0.15, 0.2) is 4.87 Å². The molecule has 0 radical (unpaired) electrons. The number of carbonyl (C=O) groups excluding carboxylic acids is 1. The first-order chi connectivity index (χ1) is 7.50. The summed E-state index contributed by atoms with van der Waals surface area (Å²) < 4.78 is 4.91. The largest absolute Gasteiger partial charge is 0.468 e. The van der Waals surface area contributed by atoms with Crippen molar-refractivity contribution in [3.8, 4) is 0 Å². The molecule has 16 heavy (non-hydrogen) atoms. The summed E-state index contributed by atoms with van der Waals surface area (Å²) >= 11 is 6.68. The van der Waals surface area contributed by atoms with Gasteiger partial charge in [0.1, 0.15) is 5.60 Å². The Morgan fingerprint density at radius 3 is 2.69 bits per heavy atom. The van der Waals surface area contributed by atoms with Crippen LogP contribution in [0.3, 0.4) is 0 Å². The van der Waals surface area contributed by atoms with E-state index in [2.05, 4.69) is 0 Å². The second-order valence-corrected chi connectivity index (χ2v) is 5.78. The van der Waals surface area contributed by atoms with E-state index in [1.54, 1.807) is 0 Å². The van der Waals surface area contributed by atoms with Crippen molar-refractivity contribution in [2.45, 2.75) is 48.6 Å². The maximum Gasteiger partial charge on any atom is 0.332 e. The van der Waals surface area contributed by atoms with Crippen LogP contribution >= 0.6 is 11.6 Å². The van der Waals surface area contributed by atoms with Gasteiger partial charge in [0, 0.05) is 6.54 Å². The molecule has 0 amide bonds. The van der Waals surface area contributed by atoms with E-state index < -0.39 is 16.0 Å². The molecular formula is C11H16ClNO3. The Morgan fingerprint density at radius 1 is 1.44 bits per heavy atom. The normalized spacial score (nSPS) is 44.7. The quantitative estimate of drug-likeness (QED) is 0.518. The minimum atomic E-state index is -1.04. The molecule has 0 N–H and O–H groups in total. The van der Waals surface area contributed by atoms with Gasteiger partial charge in [-0.25, -0.2) is 4.79 Å². The first-order valence-corrected chi connectivity index (χ1v) is 6.12.